The number of benzene rings is 2. The molecule has 2 atom stereocenters. The monoisotopic (exact) mass is 242 g/mol. The van der Waals surface area contributed by atoms with Crippen LogP contribution in [0.15, 0.2) is 36.4 Å². The zero-order valence-electron chi connectivity index (χ0n) is 10.8. The molecule has 2 nitrogen and oxygen atoms in total. The summed E-state index contributed by atoms with van der Waals surface area (Å²) in [6.07, 6.45) is 1.01. The zero-order chi connectivity index (χ0) is 13.0. The van der Waals surface area contributed by atoms with Crippen LogP contribution in [0.3, 0.4) is 0 Å². The van der Waals surface area contributed by atoms with Crippen molar-refractivity contribution in [1.29, 1.82) is 0 Å². The van der Waals surface area contributed by atoms with E-state index in [-0.39, 0.29) is 0 Å². The first kappa shape index (κ1) is 11.7. The molecule has 2 aromatic carbocycles. The minimum absolute atomic E-state index is 0.505. The molecule has 0 aromatic heterocycles. The van der Waals surface area contributed by atoms with E-state index in [4.69, 9.17) is 0 Å². The summed E-state index contributed by atoms with van der Waals surface area (Å²) in [5.41, 5.74) is -0.625. The van der Waals surface area contributed by atoms with Crippen LogP contribution < -0.4 is 0 Å². The van der Waals surface area contributed by atoms with E-state index in [0.29, 0.717) is 12.8 Å². The molecule has 0 saturated heterocycles. The molecule has 0 spiro atoms. The maximum Gasteiger partial charge on any atom is 0.123 e. The van der Waals surface area contributed by atoms with E-state index in [2.05, 4.69) is 0 Å². The molecule has 18 heavy (non-hydrogen) atoms. The third kappa shape index (κ3) is 1.10. The smallest absolute Gasteiger partial charge is 0.123 e. The van der Waals surface area contributed by atoms with Crippen LogP contribution in [0.5, 0.6) is 0 Å². The molecular weight excluding hydrogens is 224 g/mol. The Kier molecular flexibility index (Phi) is 2.31. The highest BCUT2D eigenvalue weighted by Crippen LogP contribution is 2.54. The summed E-state index contributed by atoms with van der Waals surface area (Å²) in [5.74, 6) is 0. The van der Waals surface area contributed by atoms with Crippen LogP contribution in [0.25, 0.3) is 10.8 Å². The van der Waals surface area contributed by atoms with Gasteiger partial charge in [0, 0.05) is 0 Å². The second-order valence-electron chi connectivity index (χ2n) is 5.14. The van der Waals surface area contributed by atoms with Gasteiger partial charge in [-0.15, -0.1) is 0 Å². The van der Waals surface area contributed by atoms with E-state index in [0.717, 1.165) is 21.9 Å². The van der Waals surface area contributed by atoms with Crippen molar-refractivity contribution in [2.24, 2.45) is 0 Å². The van der Waals surface area contributed by atoms with Crippen LogP contribution >= 0.6 is 0 Å². The lowest BCUT2D eigenvalue weighted by Crippen LogP contribution is -2.45. The Balaban J connectivity index is 2.47. The Bertz CT molecular complexity index is 569. The predicted octanol–water partition coefficient (Wildman–Crippen LogP) is 3.05. The van der Waals surface area contributed by atoms with E-state index in [9.17, 15) is 10.2 Å². The van der Waals surface area contributed by atoms with E-state index < -0.39 is 11.2 Å². The Hall–Kier alpha value is -1.38. The Morgan fingerprint density at radius 1 is 0.833 bits per heavy atom. The van der Waals surface area contributed by atoms with Crippen molar-refractivity contribution in [2.75, 3.05) is 0 Å². The molecule has 0 saturated carbocycles. The Labute approximate surface area is 107 Å². The van der Waals surface area contributed by atoms with Gasteiger partial charge in [-0.05, 0) is 34.7 Å². The van der Waals surface area contributed by atoms with Gasteiger partial charge in [0.05, 0.1) is 0 Å². The summed E-state index contributed by atoms with van der Waals surface area (Å²) in [6.45, 7) is 3.84. The van der Waals surface area contributed by atoms with Crippen molar-refractivity contribution < 1.29 is 10.2 Å². The van der Waals surface area contributed by atoms with E-state index in [1.54, 1.807) is 0 Å². The minimum Gasteiger partial charge on any atom is -0.382 e. The quantitative estimate of drug-likeness (QED) is 0.849. The van der Waals surface area contributed by atoms with Crippen molar-refractivity contribution in [3.8, 4) is 0 Å². The summed E-state index contributed by atoms with van der Waals surface area (Å²) in [5, 5.41) is 24.1. The first-order valence-corrected chi connectivity index (χ1v) is 6.56. The molecule has 0 unspecified atom stereocenters. The van der Waals surface area contributed by atoms with Gasteiger partial charge in [-0.3, -0.25) is 0 Å². The summed E-state index contributed by atoms with van der Waals surface area (Å²) < 4.78 is 0. The molecule has 2 aromatic rings. The molecule has 1 aliphatic rings. The third-order valence-electron chi connectivity index (χ3n) is 4.50. The van der Waals surface area contributed by atoms with Crippen molar-refractivity contribution >= 4 is 10.8 Å². The van der Waals surface area contributed by atoms with Crippen LogP contribution in [-0.2, 0) is 11.2 Å². The Morgan fingerprint density at radius 2 is 1.28 bits per heavy atom. The van der Waals surface area contributed by atoms with E-state index in [1.165, 1.54) is 0 Å². The maximum absolute atomic E-state index is 11.0. The van der Waals surface area contributed by atoms with Gasteiger partial charge < -0.3 is 10.2 Å². The molecular formula is C16H18O2. The molecule has 0 bridgehead atoms. The van der Waals surface area contributed by atoms with Crippen molar-refractivity contribution in [3.63, 3.8) is 0 Å². The molecule has 0 aliphatic heterocycles. The van der Waals surface area contributed by atoms with Crippen LogP contribution in [-0.4, -0.2) is 10.2 Å². The van der Waals surface area contributed by atoms with E-state index in [1.807, 2.05) is 50.2 Å². The van der Waals surface area contributed by atoms with Crippen molar-refractivity contribution in [1.82, 2.24) is 0 Å². The van der Waals surface area contributed by atoms with Gasteiger partial charge in [0.1, 0.15) is 11.2 Å². The number of hydrogen-bond acceptors (Lipinski definition) is 2. The lowest BCUT2D eigenvalue weighted by Gasteiger charge is -2.38. The van der Waals surface area contributed by atoms with Gasteiger partial charge in [-0.25, -0.2) is 0 Å². The zero-order valence-corrected chi connectivity index (χ0v) is 10.8. The summed E-state index contributed by atoms with van der Waals surface area (Å²) in [7, 11) is 0. The van der Waals surface area contributed by atoms with Gasteiger partial charge in [0.25, 0.3) is 0 Å². The largest absolute Gasteiger partial charge is 0.382 e. The second-order valence-corrected chi connectivity index (χ2v) is 5.14. The molecule has 2 heteroatoms. The van der Waals surface area contributed by atoms with Gasteiger partial charge in [-0.1, -0.05) is 50.2 Å². The predicted molar refractivity (Wildman–Crippen MR) is 72.3 cm³/mol. The number of aliphatic hydroxyl groups is 2. The standard InChI is InChI=1S/C16H18O2/c1-3-15(17)12-9-5-7-11-8-6-10-13(14(11)12)16(15,18)4-2/h5-10,17-18H,3-4H2,1-2H3/t15-,16-/m1/s1. The van der Waals surface area contributed by atoms with Gasteiger partial charge >= 0.3 is 0 Å². The fourth-order valence-corrected chi connectivity index (χ4v) is 3.44. The topological polar surface area (TPSA) is 40.5 Å². The normalized spacial score (nSPS) is 30.0. The van der Waals surface area contributed by atoms with Crippen molar-refractivity contribution in [2.45, 2.75) is 37.9 Å². The highest BCUT2D eigenvalue weighted by atomic mass is 16.4. The summed E-state index contributed by atoms with van der Waals surface area (Å²) in [4.78, 5) is 0. The first-order valence-electron chi connectivity index (χ1n) is 6.56. The fourth-order valence-electron chi connectivity index (χ4n) is 3.44. The Morgan fingerprint density at radius 3 is 1.67 bits per heavy atom. The maximum atomic E-state index is 11.0. The second kappa shape index (κ2) is 3.56. The van der Waals surface area contributed by atoms with E-state index >= 15 is 0 Å². The highest BCUT2D eigenvalue weighted by molar-refractivity contribution is 5.93. The summed E-state index contributed by atoms with van der Waals surface area (Å²) >= 11 is 0. The third-order valence-corrected chi connectivity index (χ3v) is 4.50. The average Bonchev–Trinajstić information content (AvgIpc) is 2.62. The fraction of sp³-hybridized carbons (Fsp3) is 0.375. The summed E-state index contributed by atoms with van der Waals surface area (Å²) in [6, 6.07) is 11.8. The molecule has 0 radical (unpaired) electrons. The molecule has 0 heterocycles. The van der Waals surface area contributed by atoms with Crippen LogP contribution in [0, 0.1) is 0 Å². The van der Waals surface area contributed by atoms with Crippen LogP contribution in [0.2, 0.25) is 0 Å². The molecule has 0 fully saturated rings. The van der Waals surface area contributed by atoms with Gasteiger partial charge in [-0.2, -0.15) is 0 Å². The molecule has 1 aliphatic carbocycles. The van der Waals surface area contributed by atoms with Gasteiger partial charge in [0.2, 0.25) is 0 Å². The molecule has 94 valence electrons. The molecule has 2 N–H and O–H groups in total. The highest BCUT2D eigenvalue weighted by Gasteiger charge is 2.55. The number of hydrogen-bond donors (Lipinski definition) is 2. The van der Waals surface area contributed by atoms with Crippen LogP contribution in [0.4, 0.5) is 0 Å². The lowest BCUT2D eigenvalue weighted by molar-refractivity contribution is -0.162. The SMILES string of the molecule is CC[C@@]1(O)c2cccc3cccc(c23)[C@]1(O)CC. The minimum atomic E-state index is -1.18. The van der Waals surface area contributed by atoms with Crippen LogP contribution in [0.1, 0.15) is 37.8 Å². The average molecular weight is 242 g/mol. The number of rotatable bonds is 2. The molecule has 3 rings (SSSR count). The van der Waals surface area contributed by atoms with Crippen molar-refractivity contribution in [3.05, 3.63) is 47.5 Å². The first-order chi connectivity index (χ1) is 8.58. The molecule has 0 amide bonds. The van der Waals surface area contributed by atoms with Gasteiger partial charge in [0.15, 0.2) is 0 Å². The lowest BCUT2D eigenvalue weighted by atomic mass is 9.77.